The molecule has 3 heteroatoms. The van der Waals surface area contributed by atoms with Crippen LogP contribution in [0.2, 0.25) is 0 Å². The molecule has 1 saturated carbocycles. The van der Waals surface area contributed by atoms with E-state index in [4.69, 9.17) is 4.74 Å². The summed E-state index contributed by atoms with van der Waals surface area (Å²) in [6.07, 6.45) is 12.0. The lowest BCUT2D eigenvalue weighted by molar-refractivity contribution is 0.305. The molecule has 1 aliphatic carbocycles. The molecule has 0 spiro atoms. The maximum Gasteiger partial charge on any atom is 0.119 e. The fourth-order valence-corrected chi connectivity index (χ4v) is 5.06. The molecule has 3 rings (SSSR count). The van der Waals surface area contributed by atoms with E-state index in [-0.39, 0.29) is 0 Å². The second kappa shape index (κ2) is 12.3. The van der Waals surface area contributed by atoms with Crippen molar-refractivity contribution < 1.29 is 4.74 Å². The monoisotopic (exact) mass is 428 g/mol. The Hall–Kier alpha value is -2.78. The van der Waals surface area contributed by atoms with Gasteiger partial charge in [0.25, 0.3) is 0 Å². The molecule has 3 nitrogen and oxygen atoms in total. The Morgan fingerprint density at radius 1 is 0.812 bits per heavy atom. The number of rotatable bonds is 10. The van der Waals surface area contributed by atoms with Crippen LogP contribution in [0.15, 0.2) is 36.4 Å². The molecule has 0 heterocycles. The van der Waals surface area contributed by atoms with Gasteiger partial charge in [-0.15, -0.1) is 0 Å². The van der Waals surface area contributed by atoms with E-state index in [0.29, 0.717) is 17.0 Å². The second-order valence-electron chi connectivity index (χ2n) is 9.12. The van der Waals surface area contributed by atoms with Crippen molar-refractivity contribution in [3.63, 3.8) is 0 Å². The van der Waals surface area contributed by atoms with Crippen molar-refractivity contribution in [1.29, 1.82) is 10.5 Å². The van der Waals surface area contributed by atoms with Crippen molar-refractivity contribution in [2.24, 2.45) is 5.92 Å². The minimum absolute atomic E-state index is 0.391. The lowest BCUT2D eigenvalue weighted by Gasteiger charge is -2.29. The van der Waals surface area contributed by atoms with E-state index in [0.717, 1.165) is 54.2 Å². The van der Waals surface area contributed by atoms with Gasteiger partial charge < -0.3 is 4.74 Å². The molecule has 1 fully saturated rings. The van der Waals surface area contributed by atoms with Crippen molar-refractivity contribution in [2.45, 2.75) is 84.0 Å². The average Bonchev–Trinajstić information content (AvgIpc) is 2.84. The maximum atomic E-state index is 9.95. The van der Waals surface area contributed by atoms with Crippen LogP contribution < -0.4 is 4.74 Å². The standard InChI is InChI=1S/C29H36N2O/c1-3-5-6-7-19-32-25-15-13-24(14-16-25)27-18-17-26(28(20-30)29(27)21-31)23-11-9-22(8-4-2)10-12-23/h13-18,22-23H,3-12,19H2,1-2H3/t22-,23-. The largest absolute Gasteiger partial charge is 0.494 e. The molecule has 2 aromatic carbocycles. The highest BCUT2D eigenvalue weighted by Gasteiger charge is 2.26. The smallest absolute Gasteiger partial charge is 0.119 e. The summed E-state index contributed by atoms with van der Waals surface area (Å²) in [4.78, 5) is 0. The van der Waals surface area contributed by atoms with Gasteiger partial charge in [0.15, 0.2) is 0 Å². The number of nitriles is 2. The summed E-state index contributed by atoms with van der Waals surface area (Å²) in [5, 5.41) is 19.9. The first-order valence-corrected chi connectivity index (χ1v) is 12.4. The molecule has 0 saturated heterocycles. The summed E-state index contributed by atoms with van der Waals surface area (Å²) < 4.78 is 5.85. The predicted molar refractivity (Wildman–Crippen MR) is 131 cm³/mol. The second-order valence-corrected chi connectivity index (χ2v) is 9.12. The Morgan fingerprint density at radius 3 is 2.16 bits per heavy atom. The SMILES string of the molecule is CCCCCCOc1ccc(-c2ccc([C@H]3CC[C@H](CCC)CC3)c(C#N)c2C#N)cc1. The zero-order valence-electron chi connectivity index (χ0n) is 19.7. The minimum atomic E-state index is 0.391. The summed E-state index contributed by atoms with van der Waals surface area (Å²) in [6.45, 7) is 5.19. The molecule has 0 bridgehead atoms. The number of unbranched alkanes of at least 4 members (excludes halogenated alkanes) is 3. The van der Waals surface area contributed by atoms with Gasteiger partial charge in [-0.2, -0.15) is 10.5 Å². The van der Waals surface area contributed by atoms with Crippen molar-refractivity contribution in [3.05, 3.63) is 53.1 Å². The molecular formula is C29H36N2O. The number of ether oxygens (including phenoxy) is 1. The number of benzene rings is 2. The quantitative estimate of drug-likeness (QED) is 0.359. The van der Waals surface area contributed by atoms with E-state index in [1.54, 1.807) is 0 Å². The molecule has 168 valence electrons. The van der Waals surface area contributed by atoms with Crippen LogP contribution in [-0.4, -0.2) is 6.61 Å². The van der Waals surface area contributed by atoms with Crippen LogP contribution in [0.5, 0.6) is 5.75 Å². The number of nitrogens with zero attached hydrogens (tertiary/aromatic N) is 2. The van der Waals surface area contributed by atoms with Crippen molar-refractivity contribution in [1.82, 2.24) is 0 Å². The molecule has 0 radical (unpaired) electrons. The summed E-state index contributed by atoms with van der Waals surface area (Å²) >= 11 is 0. The molecule has 0 amide bonds. The van der Waals surface area contributed by atoms with Gasteiger partial charge in [-0.05, 0) is 67.2 Å². The van der Waals surface area contributed by atoms with Crippen LogP contribution in [0.25, 0.3) is 11.1 Å². The average molecular weight is 429 g/mol. The molecule has 0 aromatic heterocycles. The molecule has 0 N–H and O–H groups in total. The van der Waals surface area contributed by atoms with Gasteiger partial charge in [0.2, 0.25) is 0 Å². The van der Waals surface area contributed by atoms with Gasteiger partial charge in [0.1, 0.15) is 17.9 Å². The van der Waals surface area contributed by atoms with Crippen molar-refractivity contribution in [2.75, 3.05) is 6.61 Å². The molecule has 1 aliphatic rings. The lowest BCUT2D eigenvalue weighted by Crippen LogP contribution is -2.14. The van der Waals surface area contributed by atoms with E-state index < -0.39 is 0 Å². The van der Waals surface area contributed by atoms with E-state index >= 15 is 0 Å². The van der Waals surface area contributed by atoms with E-state index in [1.807, 2.05) is 30.3 Å². The third kappa shape index (κ3) is 5.92. The highest BCUT2D eigenvalue weighted by Crippen LogP contribution is 2.40. The first kappa shape index (κ1) is 23.9. The first-order valence-electron chi connectivity index (χ1n) is 12.4. The van der Waals surface area contributed by atoms with Crippen LogP contribution in [0.3, 0.4) is 0 Å². The summed E-state index contributed by atoms with van der Waals surface area (Å²) in [7, 11) is 0. The Morgan fingerprint density at radius 2 is 1.53 bits per heavy atom. The highest BCUT2D eigenvalue weighted by molar-refractivity contribution is 5.75. The predicted octanol–water partition coefficient (Wildman–Crippen LogP) is 8.13. The molecule has 0 aliphatic heterocycles. The van der Waals surface area contributed by atoms with Crippen LogP contribution in [0.1, 0.15) is 101 Å². The number of hydrogen-bond donors (Lipinski definition) is 0. The molecule has 0 unspecified atom stereocenters. The van der Waals surface area contributed by atoms with Crippen molar-refractivity contribution in [3.8, 4) is 29.0 Å². The topological polar surface area (TPSA) is 56.8 Å². The normalized spacial score (nSPS) is 18.0. The highest BCUT2D eigenvalue weighted by atomic mass is 16.5. The fraction of sp³-hybridized carbons (Fsp3) is 0.517. The summed E-state index contributed by atoms with van der Waals surface area (Å²) in [6, 6.07) is 16.8. The van der Waals surface area contributed by atoms with Gasteiger partial charge in [-0.25, -0.2) is 0 Å². The third-order valence-corrected chi connectivity index (χ3v) is 6.88. The number of hydrogen-bond acceptors (Lipinski definition) is 3. The zero-order chi connectivity index (χ0) is 22.8. The summed E-state index contributed by atoms with van der Waals surface area (Å²) in [5.41, 5.74) is 3.93. The van der Waals surface area contributed by atoms with Gasteiger partial charge in [0, 0.05) is 5.56 Å². The van der Waals surface area contributed by atoms with E-state index in [1.165, 1.54) is 44.9 Å². The van der Waals surface area contributed by atoms with Gasteiger partial charge in [-0.3, -0.25) is 0 Å². The Bertz CT molecular complexity index is 941. The molecule has 32 heavy (non-hydrogen) atoms. The maximum absolute atomic E-state index is 9.95. The van der Waals surface area contributed by atoms with Crippen LogP contribution in [-0.2, 0) is 0 Å². The lowest BCUT2D eigenvalue weighted by atomic mass is 9.75. The molecular weight excluding hydrogens is 392 g/mol. The zero-order valence-corrected chi connectivity index (χ0v) is 19.7. The molecule has 0 atom stereocenters. The Labute approximate surface area is 194 Å². The molecule has 2 aromatic rings. The van der Waals surface area contributed by atoms with Gasteiger partial charge >= 0.3 is 0 Å². The van der Waals surface area contributed by atoms with Gasteiger partial charge in [-0.1, -0.05) is 70.2 Å². The Kier molecular flexibility index (Phi) is 9.18. The Balaban J connectivity index is 1.75. The van der Waals surface area contributed by atoms with Crippen molar-refractivity contribution >= 4 is 0 Å². The van der Waals surface area contributed by atoms with E-state index in [9.17, 15) is 10.5 Å². The van der Waals surface area contributed by atoms with Gasteiger partial charge in [0.05, 0.1) is 17.7 Å². The third-order valence-electron chi connectivity index (χ3n) is 6.88. The summed E-state index contributed by atoms with van der Waals surface area (Å²) in [5.74, 6) is 2.07. The van der Waals surface area contributed by atoms with E-state index in [2.05, 4.69) is 32.1 Å². The van der Waals surface area contributed by atoms with Crippen LogP contribution in [0.4, 0.5) is 0 Å². The first-order chi connectivity index (χ1) is 15.7. The van der Waals surface area contributed by atoms with Crippen LogP contribution in [0, 0.1) is 28.6 Å². The van der Waals surface area contributed by atoms with Crippen LogP contribution >= 0.6 is 0 Å². The fourth-order valence-electron chi connectivity index (χ4n) is 5.06. The minimum Gasteiger partial charge on any atom is -0.494 e.